The Balaban J connectivity index is 2.57. The SMILES string of the molecule is CC1=Cc2cccc(C)c2CC1. The molecule has 0 unspecified atom stereocenters. The molecule has 0 saturated heterocycles. The van der Waals surface area contributed by atoms with E-state index in [1.165, 1.54) is 29.5 Å². The second kappa shape index (κ2) is 2.78. The number of benzene rings is 1. The van der Waals surface area contributed by atoms with Crippen molar-refractivity contribution in [3.63, 3.8) is 0 Å². The van der Waals surface area contributed by atoms with Crippen LogP contribution in [0.4, 0.5) is 0 Å². The Kier molecular flexibility index (Phi) is 1.76. The van der Waals surface area contributed by atoms with E-state index in [0.29, 0.717) is 0 Å². The summed E-state index contributed by atoms with van der Waals surface area (Å²) in [6.45, 7) is 4.42. The van der Waals surface area contributed by atoms with Crippen LogP contribution in [0.2, 0.25) is 0 Å². The van der Waals surface area contributed by atoms with Gasteiger partial charge < -0.3 is 0 Å². The minimum atomic E-state index is 1.23. The van der Waals surface area contributed by atoms with E-state index < -0.39 is 0 Å². The number of fused-ring (bicyclic) bond motifs is 1. The minimum absolute atomic E-state index is 1.23. The highest BCUT2D eigenvalue weighted by Gasteiger charge is 2.08. The molecular formula is C12H14. The van der Waals surface area contributed by atoms with E-state index in [9.17, 15) is 0 Å². The second-order valence-electron chi connectivity index (χ2n) is 3.63. The first-order valence-electron chi connectivity index (χ1n) is 4.53. The van der Waals surface area contributed by atoms with E-state index in [-0.39, 0.29) is 0 Å². The summed E-state index contributed by atoms with van der Waals surface area (Å²) in [4.78, 5) is 0. The van der Waals surface area contributed by atoms with Crippen molar-refractivity contribution >= 4 is 6.08 Å². The van der Waals surface area contributed by atoms with Gasteiger partial charge in [-0.2, -0.15) is 0 Å². The molecule has 0 N–H and O–H groups in total. The average Bonchev–Trinajstić information content (AvgIpc) is 2.04. The van der Waals surface area contributed by atoms with Crippen LogP contribution in [-0.4, -0.2) is 0 Å². The zero-order valence-electron chi connectivity index (χ0n) is 7.72. The summed E-state index contributed by atoms with van der Waals surface area (Å²) in [6, 6.07) is 6.56. The van der Waals surface area contributed by atoms with E-state index in [1.54, 1.807) is 5.56 Å². The maximum atomic E-state index is 2.31. The van der Waals surface area contributed by atoms with Gasteiger partial charge in [0.05, 0.1) is 0 Å². The lowest BCUT2D eigenvalue weighted by Gasteiger charge is -2.15. The standard InChI is InChI=1S/C12H14/c1-9-6-7-12-10(2)4-3-5-11(12)8-9/h3-5,8H,6-7H2,1-2H3. The summed E-state index contributed by atoms with van der Waals surface area (Å²) in [7, 11) is 0. The molecule has 0 bridgehead atoms. The van der Waals surface area contributed by atoms with Gasteiger partial charge in [0.15, 0.2) is 0 Å². The molecule has 62 valence electrons. The molecule has 0 spiro atoms. The number of hydrogen-bond acceptors (Lipinski definition) is 0. The van der Waals surface area contributed by atoms with E-state index in [0.717, 1.165) is 0 Å². The molecule has 1 aliphatic rings. The third-order valence-electron chi connectivity index (χ3n) is 2.62. The van der Waals surface area contributed by atoms with E-state index >= 15 is 0 Å². The number of allylic oxidation sites excluding steroid dienone is 1. The first-order valence-corrected chi connectivity index (χ1v) is 4.53. The van der Waals surface area contributed by atoms with Gasteiger partial charge in [-0.1, -0.05) is 29.8 Å². The van der Waals surface area contributed by atoms with Gasteiger partial charge in [0.1, 0.15) is 0 Å². The molecule has 0 heteroatoms. The van der Waals surface area contributed by atoms with Gasteiger partial charge in [-0.3, -0.25) is 0 Å². The monoisotopic (exact) mass is 158 g/mol. The van der Waals surface area contributed by atoms with Gasteiger partial charge in [0, 0.05) is 0 Å². The quantitative estimate of drug-likeness (QED) is 0.543. The Labute approximate surface area is 73.9 Å². The van der Waals surface area contributed by atoms with Crippen LogP contribution in [0.5, 0.6) is 0 Å². The average molecular weight is 158 g/mol. The molecule has 1 aromatic rings. The summed E-state index contributed by atoms with van der Waals surface area (Å²) in [5.74, 6) is 0. The van der Waals surface area contributed by atoms with Gasteiger partial charge in [0.25, 0.3) is 0 Å². The van der Waals surface area contributed by atoms with Gasteiger partial charge in [-0.25, -0.2) is 0 Å². The molecule has 0 aromatic heterocycles. The van der Waals surface area contributed by atoms with Crippen molar-refractivity contribution in [1.29, 1.82) is 0 Å². The zero-order chi connectivity index (χ0) is 8.55. The Morgan fingerprint density at radius 3 is 2.75 bits per heavy atom. The first-order chi connectivity index (χ1) is 5.77. The zero-order valence-corrected chi connectivity index (χ0v) is 7.72. The molecule has 0 atom stereocenters. The van der Waals surface area contributed by atoms with Crippen LogP contribution in [-0.2, 0) is 6.42 Å². The molecule has 0 nitrogen and oxygen atoms in total. The van der Waals surface area contributed by atoms with Crippen LogP contribution in [0.25, 0.3) is 6.08 Å². The topological polar surface area (TPSA) is 0 Å². The minimum Gasteiger partial charge on any atom is -0.0724 e. The van der Waals surface area contributed by atoms with E-state index in [4.69, 9.17) is 0 Å². The molecule has 1 aliphatic carbocycles. The van der Waals surface area contributed by atoms with Gasteiger partial charge in [-0.15, -0.1) is 0 Å². The molecule has 1 aromatic carbocycles. The summed E-state index contributed by atoms with van der Waals surface area (Å²) in [6.07, 6.45) is 4.77. The summed E-state index contributed by atoms with van der Waals surface area (Å²) in [5.41, 5.74) is 5.92. The predicted molar refractivity (Wildman–Crippen MR) is 53.2 cm³/mol. The van der Waals surface area contributed by atoms with E-state index in [1.807, 2.05) is 0 Å². The second-order valence-corrected chi connectivity index (χ2v) is 3.63. The maximum Gasteiger partial charge on any atom is -0.0222 e. The van der Waals surface area contributed by atoms with Crippen molar-refractivity contribution in [3.05, 3.63) is 40.5 Å². The molecule has 0 heterocycles. The van der Waals surface area contributed by atoms with E-state index in [2.05, 4.69) is 38.1 Å². The summed E-state index contributed by atoms with van der Waals surface area (Å²) < 4.78 is 0. The largest absolute Gasteiger partial charge is 0.0724 e. The Morgan fingerprint density at radius 2 is 1.92 bits per heavy atom. The highest BCUT2D eigenvalue weighted by atomic mass is 14.1. The number of aryl methyl sites for hydroxylation is 1. The van der Waals surface area contributed by atoms with Crippen LogP contribution in [0, 0.1) is 6.92 Å². The summed E-state index contributed by atoms with van der Waals surface area (Å²) in [5, 5.41) is 0. The Hall–Kier alpha value is -1.04. The lowest BCUT2D eigenvalue weighted by Crippen LogP contribution is -1.99. The third kappa shape index (κ3) is 1.18. The number of hydrogen-bond donors (Lipinski definition) is 0. The van der Waals surface area contributed by atoms with Gasteiger partial charge in [-0.05, 0) is 43.4 Å². The maximum absolute atomic E-state index is 2.31. The predicted octanol–water partition coefficient (Wildman–Crippen LogP) is 3.34. The lowest BCUT2D eigenvalue weighted by molar-refractivity contribution is 0.917. The van der Waals surface area contributed by atoms with Gasteiger partial charge in [0.2, 0.25) is 0 Å². The fourth-order valence-corrected chi connectivity index (χ4v) is 1.86. The lowest BCUT2D eigenvalue weighted by atomic mass is 9.90. The van der Waals surface area contributed by atoms with Crippen molar-refractivity contribution in [2.45, 2.75) is 26.7 Å². The van der Waals surface area contributed by atoms with Crippen molar-refractivity contribution in [2.24, 2.45) is 0 Å². The van der Waals surface area contributed by atoms with Crippen molar-refractivity contribution in [3.8, 4) is 0 Å². The molecule has 0 amide bonds. The van der Waals surface area contributed by atoms with Crippen LogP contribution in [0.3, 0.4) is 0 Å². The Morgan fingerprint density at radius 1 is 1.08 bits per heavy atom. The normalized spacial score (nSPS) is 15.3. The molecule has 0 fully saturated rings. The van der Waals surface area contributed by atoms with Crippen LogP contribution in [0.1, 0.15) is 30.0 Å². The molecule has 0 radical (unpaired) electrons. The van der Waals surface area contributed by atoms with Crippen LogP contribution >= 0.6 is 0 Å². The fraction of sp³-hybridized carbons (Fsp3) is 0.333. The van der Waals surface area contributed by atoms with Crippen molar-refractivity contribution in [1.82, 2.24) is 0 Å². The van der Waals surface area contributed by atoms with Crippen LogP contribution < -0.4 is 0 Å². The summed E-state index contributed by atoms with van der Waals surface area (Å²) >= 11 is 0. The molecule has 0 aliphatic heterocycles. The molecule has 12 heavy (non-hydrogen) atoms. The highest BCUT2D eigenvalue weighted by molar-refractivity contribution is 5.60. The third-order valence-corrected chi connectivity index (χ3v) is 2.62. The first kappa shape index (κ1) is 7.60. The smallest absolute Gasteiger partial charge is 0.0222 e. The highest BCUT2D eigenvalue weighted by Crippen LogP contribution is 2.25. The molecule has 2 rings (SSSR count). The fourth-order valence-electron chi connectivity index (χ4n) is 1.86. The van der Waals surface area contributed by atoms with Crippen molar-refractivity contribution in [2.75, 3.05) is 0 Å². The molecular weight excluding hydrogens is 144 g/mol. The van der Waals surface area contributed by atoms with Gasteiger partial charge >= 0.3 is 0 Å². The van der Waals surface area contributed by atoms with Crippen LogP contribution in [0.15, 0.2) is 23.8 Å². The Bertz CT molecular complexity index is 332. The molecule has 0 saturated carbocycles. The number of rotatable bonds is 0. The van der Waals surface area contributed by atoms with Crippen molar-refractivity contribution < 1.29 is 0 Å².